The molecule has 3 N–H and O–H groups in total. The largest absolute Gasteiger partial charge is 0.344 e. The van der Waals surface area contributed by atoms with Crippen molar-refractivity contribution < 1.29 is 14.4 Å². The molecule has 0 unspecified atom stereocenters. The second-order valence-corrected chi connectivity index (χ2v) is 5.68. The van der Waals surface area contributed by atoms with Crippen LogP contribution in [0.25, 0.3) is 0 Å². The number of hydrogen-bond donors (Lipinski definition) is 3. The third-order valence-corrected chi connectivity index (χ3v) is 3.20. The first-order valence-corrected chi connectivity index (χ1v) is 6.59. The van der Waals surface area contributed by atoms with Crippen molar-refractivity contribution in [3.8, 4) is 0 Å². The van der Waals surface area contributed by atoms with Crippen molar-refractivity contribution in [3.63, 3.8) is 0 Å². The first kappa shape index (κ1) is 14.3. The van der Waals surface area contributed by atoms with Crippen molar-refractivity contribution in [2.45, 2.75) is 19.4 Å². The summed E-state index contributed by atoms with van der Waals surface area (Å²) < 4.78 is 0.874. The standard InChI is InChI=1S/C12H13BrN4O3/c1-12(2)9(18)17(11(20)15-12)16-10(19)14-8-5-3-7(13)4-6-8/h3-6H,1-2H3,(H,15,20)(H2,14,16,19). The fourth-order valence-corrected chi connectivity index (χ4v) is 1.91. The topological polar surface area (TPSA) is 90.5 Å². The molecule has 5 amide bonds. The van der Waals surface area contributed by atoms with Crippen molar-refractivity contribution in [2.24, 2.45) is 0 Å². The summed E-state index contributed by atoms with van der Waals surface area (Å²) in [5, 5.41) is 5.64. The third-order valence-electron chi connectivity index (χ3n) is 2.68. The first-order chi connectivity index (χ1) is 9.29. The van der Waals surface area contributed by atoms with Crippen LogP contribution < -0.4 is 16.1 Å². The molecular weight excluding hydrogens is 328 g/mol. The van der Waals surface area contributed by atoms with Crippen LogP contribution in [0.1, 0.15) is 13.8 Å². The summed E-state index contributed by atoms with van der Waals surface area (Å²) in [7, 11) is 0. The van der Waals surface area contributed by atoms with E-state index in [2.05, 4.69) is 32.0 Å². The molecular formula is C12H13BrN4O3. The van der Waals surface area contributed by atoms with Crippen molar-refractivity contribution in [1.29, 1.82) is 0 Å². The third kappa shape index (κ3) is 2.90. The molecule has 0 atom stereocenters. The number of carbonyl (C=O) groups is 3. The van der Waals surface area contributed by atoms with Gasteiger partial charge < -0.3 is 10.6 Å². The van der Waals surface area contributed by atoms with Gasteiger partial charge in [0, 0.05) is 10.2 Å². The average molecular weight is 341 g/mol. The van der Waals surface area contributed by atoms with Gasteiger partial charge in [0.2, 0.25) is 0 Å². The predicted octanol–water partition coefficient (Wildman–Crippen LogP) is 1.82. The van der Waals surface area contributed by atoms with Crippen LogP contribution >= 0.6 is 15.9 Å². The van der Waals surface area contributed by atoms with Crippen molar-refractivity contribution in [3.05, 3.63) is 28.7 Å². The predicted molar refractivity (Wildman–Crippen MR) is 75.8 cm³/mol. The lowest BCUT2D eigenvalue weighted by Crippen LogP contribution is -2.49. The smallest absolute Gasteiger partial charge is 0.322 e. The number of carbonyl (C=O) groups excluding carboxylic acids is 3. The van der Waals surface area contributed by atoms with Crippen molar-refractivity contribution in [1.82, 2.24) is 15.8 Å². The Morgan fingerprint density at radius 3 is 2.35 bits per heavy atom. The van der Waals surface area contributed by atoms with Crippen LogP contribution in [0.15, 0.2) is 28.7 Å². The lowest BCUT2D eigenvalue weighted by Gasteiger charge is -2.16. The zero-order valence-electron chi connectivity index (χ0n) is 10.9. The van der Waals surface area contributed by atoms with Gasteiger partial charge in [-0.1, -0.05) is 15.9 Å². The second kappa shape index (κ2) is 5.12. The highest BCUT2D eigenvalue weighted by Gasteiger charge is 2.45. The number of imide groups is 1. The quantitative estimate of drug-likeness (QED) is 0.717. The summed E-state index contributed by atoms with van der Waals surface area (Å²) in [4.78, 5) is 35.2. The SMILES string of the molecule is CC1(C)NC(=O)N(NC(=O)Nc2ccc(Br)cc2)C1=O. The van der Waals surface area contributed by atoms with E-state index in [0.29, 0.717) is 10.7 Å². The van der Waals surface area contributed by atoms with Crippen LogP contribution in [0.3, 0.4) is 0 Å². The fourth-order valence-electron chi connectivity index (χ4n) is 1.64. The average Bonchev–Trinajstić information content (AvgIpc) is 2.55. The molecule has 1 heterocycles. The summed E-state index contributed by atoms with van der Waals surface area (Å²) in [5.41, 5.74) is 1.72. The van der Waals surface area contributed by atoms with Gasteiger partial charge in [0.1, 0.15) is 5.54 Å². The normalized spacial score (nSPS) is 16.9. The Morgan fingerprint density at radius 1 is 1.25 bits per heavy atom. The number of urea groups is 2. The van der Waals surface area contributed by atoms with Crippen LogP contribution in [0.4, 0.5) is 15.3 Å². The van der Waals surface area contributed by atoms with E-state index >= 15 is 0 Å². The second-order valence-electron chi connectivity index (χ2n) is 4.77. The van der Waals surface area contributed by atoms with E-state index < -0.39 is 23.5 Å². The highest BCUT2D eigenvalue weighted by Crippen LogP contribution is 2.16. The van der Waals surface area contributed by atoms with Gasteiger partial charge in [-0.15, -0.1) is 0 Å². The van der Waals surface area contributed by atoms with Gasteiger partial charge in [-0.2, -0.15) is 5.01 Å². The monoisotopic (exact) mass is 340 g/mol. The number of amides is 5. The summed E-state index contributed by atoms with van der Waals surface area (Å²) in [6.45, 7) is 3.11. The maximum atomic E-state index is 11.9. The summed E-state index contributed by atoms with van der Waals surface area (Å²) in [6.07, 6.45) is 0. The Morgan fingerprint density at radius 2 is 1.85 bits per heavy atom. The van der Waals surface area contributed by atoms with Gasteiger partial charge in [-0.05, 0) is 38.1 Å². The molecule has 1 aliphatic heterocycles. The number of hydrazine groups is 1. The van der Waals surface area contributed by atoms with E-state index in [0.717, 1.165) is 4.47 Å². The Hall–Kier alpha value is -2.09. The van der Waals surface area contributed by atoms with Crippen LogP contribution in [-0.4, -0.2) is 28.5 Å². The molecule has 0 spiro atoms. The Bertz CT molecular complexity index is 571. The Labute approximate surface area is 123 Å². The van der Waals surface area contributed by atoms with E-state index in [1.165, 1.54) is 0 Å². The lowest BCUT2D eigenvalue weighted by molar-refractivity contribution is -0.131. The first-order valence-electron chi connectivity index (χ1n) is 5.79. The molecule has 1 aromatic carbocycles. The molecule has 0 aliphatic carbocycles. The van der Waals surface area contributed by atoms with Gasteiger partial charge in [-0.3, -0.25) is 4.79 Å². The maximum absolute atomic E-state index is 11.9. The minimum absolute atomic E-state index is 0.520. The highest BCUT2D eigenvalue weighted by atomic mass is 79.9. The molecule has 1 aliphatic rings. The Balaban J connectivity index is 2.00. The van der Waals surface area contributed by atoms with E-state index in [1.54, 1.807) is 38.1 Å². The van der Waals surface area contributed by atoms with Crippen molar-refractivity contribution >= 4 is 39.6 Å². The van der Waals surface area contributed by atoms with E-state index in [1.807, 2.05) is 0 Å². The number of rotatable bonds is 2. The minimum Gasteiger partial charge on any atom is -0.322 e. The van der Waals surface area contributed by atoms with E-state index in [9.17, 15) is 14.4 Å². The zero-order valence-corrected chi connectivity index (χ0v) is 12.4. The zero-order chi connectivity index (χ0) is 14.9. The molecule has 106 valence electrons. The molecule has 1 saturated heterocycles. The molecule has 0 bridgehead atoms. The molecule has 7 nitrogen and oxygen atoms in total. The molecule has 0 saturated carbocycles. The van der Waals surface area contributed by atoms with Crippen LogP contribution in [-0.2, 0) is 4.79 Å². The number of halogens is 1. The highest BCUT2D eigenvalue weighted by molar-refractivity contribution is 9.10. The summed E-state index contributed by atoms with van der Waals surface area (Å²) >= 11 is 3.28. The number of hydrogen-bond acceptors (Lipinski definition) is 3. The molecule has 0 radical (unpaired) electrons. The van der Waals surface area contributed by atoms with E-state index in [4.69, 9.17) is 0 Å². The van der Waals surface area contributed by atoms with Gasteiger partial charge in [0.15, 0.2) is 0 Å². The number of nitrogens with zero attached hydrogens (tertiary/aromatic N) is 1. The molecule has 2 rings (SSSR count). The van der Waals surface area contributed by atoms with Gasteiger partial charge in [0.05, 0.1) is 0 Å². The molecule has 20 heavy (non-hydrogen) atoms. The van der Waals surface area contributed by atoms with Gasteiger partial charge in [0.25, 0.3) is 5.91 Å². The maximum Gasteiger partial charge on any atom is 0.344 e. The fraction of sp³-hybridized carbons (Fsp3) is 0.250. The van der Waals surface area contributed by atoms with Crippen LogP contribution in [0.2, 0.25) is 0 Å². The molecule has 0 aromatic heterocycles. The summed E-state index contributed by atoms with van der Waals surface area (Å²) in [6, 6.07) is 5.54. The number of benzene rings is 1. The molecule has 1 fully saturated rings. The molecule has 8 heteroatoms. The van der Waals surface area contributed by atoms with Crippen LogP contribution in [0.5, 0.6) is 0 Å². The minimum atomic E-state index is -1.03. The van der Waals surface area contributed by atoms with E-state index in [-0.39, 0.29) is 0 Å². The van der Waals surface area contributed by atoms with Crippen LogP contribution in [0, 0.1) is 0 Å². The van der Waals surface area contributed by atoms with Crippen molar-refractivity contribution in [2.75, 3.05) is 5.32 Å². The lowest BCUT2D eigenvalue weighted by atomic mass is 10.1. The number of anilines is 1. The Kier molecular flexibility index (Phi) is 3.67. The molecule has 1 aromatic rings. The van der Waals surface area contributed by atoms with Gasteiger partial charge >= 0.3 is 12.1 Å². The van der Waals surface area contributed by atoms with Gasteiger partial charge in [-0.25, -0.2) is 15.0 Å². The number of nitrogens with one attached hydrogen (secondary N) is 3. The summed E-state index contributed by atoms with van der Waals surface area (Å²) in [5.74, 6) is -0.520.